The Labute approximate surface area is 65.5 Å². The summed E-state index contributed by atoms with van der Waals surface area (Å²) in [6, 6.07) is 0. The van der Waals surface area contributed by atoms with E-state index in [1.165, 1.54) is 0 Å². The van der Waals surface area contributed by atoms with Crippen LogP contribution in [0.5, 0.6) is 0 Å². The van der Waals surface area contributed by atoms with Crippen LogP contribution in [0.15, 0.2) is 36.5 Å². The van der Waals surface area contributed by atoms with Crippen LogP contribution >= 0.6 is 0 Å². The van der Waals surface area contributed by atoms with Crippen molar-refractivity contribution in [1.29, 1.82) is 0 Å². The van der Waals surface area contributed by atoms with Gasteiger partial charge in [-0.25, -0.2) is 0 Å². The zero-order valence-corrected chi connectivity index (χ0v) is 6.05. The van der Waals surface area contributed by atoms with Gasteiger partial charge in [-0.3, -0.25) is 0 Å². The van der Waals surface area contributed by atoms with E-state index in [1.807, 2.05) is 24.3 Å². The van der Waals surface area contributed by atoms with Crippen LogP contribution < -0.4 is 0 Å². The molecule has 58 valence electrons. The van der Waals surface area contributed by atoms with Gasteiger partial charge in [-0.05, 0) is 0 Å². The highest BCUT2D eigenvalue weighted by molar-refractivity contribution is 5.20. The van der Waals surface area contributed by atoms with Crippen molar-refractivity contribution in [1.82, 2.24) is 0 Å². The first-order valence-electron chi connectivity index (χ1n) is 3.73. The summed E-state index contributed by atoms with van der Waals surface area (Å²) >= 11 is 0. The summed E-state index contributed by atoms with van der Waals surface area (Å²) in [5.41, 5.74) is 0. The fraction of sp³-hybridized carbons (Fsp3) is 0.333. The van der Waals surface area contributed by atoms with E-state index in [4.69, 9.17) is 4.74 Å². The molecule has 0 aromatic heterocycles. The number of rotatable bonds is 0. The molecule has 2 aliphatic rings. The predicted molar refractivity (Wildman–Crippen MR) is 42.1 cm³/mol. The highest BCUT2D eigenvalue weighted by Crippen LogP contribution is 2.16. The summed E-state index contributed by atoms with van der Waals surface area (Å²) in [6.07, 6.45) is 10.8. The van der Waals surface area contributed by atoms with Crippen LogP contribution in [0.1, 0.15) is 0 Å². The molecule has 0 aromatic carbocycles. The van der Waals surface area contributed by atoms with E-state index in [0.717, 1.165) is 0 Å². The van der Waals surface area contributed by atoms with Crippen LogP contribution in [0, 0.1) is 0 Å². The summed E-state index contributed by atoms with van der Waals surface area (Å²) in [4.78, 5) is 0. The molecule has 0 spiro atoms. The molecule has 2 heteroatoms. The molecule has 2 heterocycles. The van der Waals surface area contributed by atoms with Crippen molar-refractivity contribution >= 4 is 0 Å². The lowest BCUT2D eigenvalue weighted by Gasteiger charge is -2.11. The standard InChI is InChI=1S/C9H10O2/c10-7-1-3-8-5-6-9(11-8)4-2-7/h1-10H/b3-1-,4-2-/t7?,8-,9+. The first-order chi connectivity index (χ1) is 5.34. The fourth-order valence-electron chi connectivity index (χ4n) is 1.22. The molecule has 2 bridgehead atoms. The minimum atomic E-state index is -0.455. The number of aliphatic hydroxyl groups is 1. The van der Waals surface area contributed by atoms with E-state index < -0.39 is 6.10 Å². The SMILES string of the molecule is OC1/C=C\[C@H]2C=C[C@@H](/C=C\1)O2. The van der Waals surface area contributed by atoms with Crippen LogP contribution in [-0.4, -0.2) is 23.4 Å². The molecular formula is C9H10O2. The maximum absolute atomic E-state index is 9.22. The minimum absolute atomic E-state index is 0.0552. The van der Waals surface area contributed by atoms with E-state index in [-0.39, 0.29) is 12.2 Å². The Morgan fingerprint density at radius 3 is 1.82 bits per heavy atom. The van der Waals surface area contributed by atoms with Crippen LogP contribution in [-0.2, 0) is 4.74 Å². The second-order valence-corrected chi connectivity index (χ2v) is 2.71. The Balaban J connectivity index is 2.22. The first kappa shape index (κ1) is 6.83. The molecule has 0 radical (unpaired) electrons. The fourth-order valence-corrected chi connectivity index (χ4v) is 1.22. The van der Waals surface area contributed by atoms with E-state index in [2.05, 4.69) is 0 Å². The molecule has 0 aliphatic carbocycles. The smallest absolute Gasteiger partial charge is 0.0952 e. The van der Waals surface area contributed by atoms with Crippen molar-refractivity contribution in [3.63, 3.8) is 0 Å². The minimum Gasteiger partial charge on any atom is -0.385 e. The predicted octanol–water partition coefficient (Wildman–Crippen LogP) is 0.797. The lowest BCUT2D eigenvalue weighted by molar-refractivity contribution is 0.112. The third-order valence-electron chi connectivity index (χ3n) is 1.80. The topological polar surface area (TPSA) is 29.5 Å². The van der Waals surface area contributed by atoms with Gasteiger partial charge in [-0.1, -0.05) is 36.5 Å². The Morgan fingerprint density at radius 2 is 1.27 bits per heavy atom. The molecule has 0 saturated carbocycles. The highest BCUT2D eigenvalue weighted by Gasteiger charge is 2.16. The molecule has 1 unspecified atom stereocenters. The van der Waals surface area contributed by atoms with Crippen molar-refractivity contribution in [2.24, 2.45) is 0 Å². The number of hydrogen-bond acceptors (Lipinski definition) is 2. The van der Waals surface area contributed by atoms with Gasteiger partial charge < -0.3 is 9.84 Å². The third kappa shape index (κ3) is 1.42. The van der Waals surface area contributed by atoms with E-state index in [1.54, 1.807) is 12.2 Å². The average molecular weight is 150 g/mol. The second kappa shape index (κ2) is 2.64. The van der Waals surface area contributed by atoms with Crippen LogP contribution in [0.4, 0.5) is 0 Å². The highest BCUT2D eigenvalue weighted by atomic mass is 16.5. The Bertz CT molecular complexity index is 206. The summed E-state index contributed by atoms with van der Waals surface area (Å²) in [5, 5.41) is 9.22. The number of aliphatic hydroxyl groups excluding tert-OH is 1. The molecule has 0 fully saturated rings. The van der Waals surface area contributed by atoms with Gasteiger partial charge in [0.2, 0.25) is 0 Å². The lowest BCUT2D eigenvalue weighted by Crippen LogP contribution is -2.12. The van der Waals surface area contributed by atoms with Crippen LogP contribution in [0.2, 0.25) is 0 Å². The van der Waals surface area contributed by atoms with Gasteiger partial charge in [-0.2, -0.15) is 0 Å². The van der Waals surface area contributed by atoms with E-state index in [0.29, 0.717) is 0 Å². The Morgan fingerprint density at radius 1 is 0.818 bits per heavy atom. The van der Waals surface area contributed by atoms with Gasteiger partial charge in [0.05, 0.1) is 18.3 Å². The number of hydrogen-bond donors (Lipinski definition) is 1. The van der Waals surface area contributed by atoms with Crippen molar-refractivity contribution in [3.8, 4) is 0 Å². The Hall–Kier alpha value is -0.860. The monoisotopic (exact) mass is 150 g/mol. The Kier molecular flexibility index (Phi) is 1.64. The average Bonchev–Trinajstić information content (AvgIpc) is 2.43. The van der Waals surface area contributed by atoms with Gasteiger partial charge >= 0.3 is 0 Å². The molecule has 0 saturated heterocycles. The van der Waals surface area contributed by atoms with Crippen molar-refractivity contribution in [2.45, 2.75) is 18.3 Å². The quantitative estimate of drug-likeness (QED) is 0.517. The van der Waals surface area contributed by atoms with E-state index >= 15 is 0 Å². The van der Waals surface area contributed by atoms with Gasteiger partial charge in [0.15, 0.2) is 0 Å². The van der Waals surface area contributed by atoms with Crippen LogP contribution in [0.3, 0.4) is 0 Å². The molecule has 0 aromatic rings. The van der Waals surface area contributed by atoms with Gasteiger partial charge in [-0.15, -0.1) is 0 Å². The number of ether oxygens (including phenoxy) is 1. The molecule has 1 N–H and O–H groups in total. The molecule has 3 atom stereocenters. The third-order valence-corrected chi connectivity index (χ3v) is 1.80. The van der Waals surface area contributed by atoms with Crippen molar-refractivity contribution in [3.05, 3.63) is 36.5 Å². The molecule has 0 amide bonds. The maximum atomic E-state index is 9.22. The summed E-state index contributed by atoms with van der Waals surface area (Å²) in [5.74, 6) is 0. The first-order valence-corrected chi connectivity index (χ1v) is 3.73. The molecule has 2 rings (SSSR count). The molecule has 2 aliphatic heterocycles. The normalized spacial score (nSPS) is 46.5. The van der Waals surface area contributed by atoms with Gasteiger partial charge in [0.25, 0.3) is 0 Å². The van der Waals surface area contributed by atoms with Crippen molar-refractivity contribution in [2.75, 3.05) is 0 Å². The zero-order chi connectivity index (χ0) is 7.68. The van der Waals surface area contributed by atoms with Gasteiger partial charge in [0.1, 0.15) is 0 Å². The number of fused-ring (bicyclic) bond motifs is 2. The van der Waals surface area contributed by atoms with E-state index in [9.17, 15) is 5.11 Å². The largest absolute Gasteiger partial charge is 0.385 e. The molecule has 11 heavy (non-hydrogen) atoms. The summed E-state index contributed by atoms with van der Waals surface area (Å²) < 4.78 is 5.45. The molecular weight excluding hydrogens is 140 g/mol. The summed E-state index contributed by atoms with van der Waals surface area (Å²) in [7, 11) is 0. The molecule has 2 nitrogen and oxygen atoms in total. The van der Waals surface area contributed by atoms with Crippen LogP contribution in [0.25, 0.3) is 0 Å². The van der Waals surface area contributed by atoms with Crippen molar-refractivity contribution < 1.29 is 9.84 Å². The van der Waals surface area contributed by atoms with Gasteiger partial charge in [0, 0.05) is 0 Å². The second-order valence-electron chi connectivity index (χ2n) is 2.71. The zero-order valence-electron chi connectivity index (χ0n) is 6.05. The lowest BCUT2D eigenvalue weighted by atomic mass is 10.2. The maximum Gasteiger partial charge on any atom is 0.0952 e. The summed E-state index contributed by atoms with van der Waals surface area (Å²) in [6.45, 7) is 0.